The molecule has 5 atom stereocenters. The van der Waals surface area contributed by atoms with Gasteiger partial charge in [0.05, 0.1) is 6.04 Å². The van der Waals surface area contributed by atoms with Crippen LogP contribution in [-0.4, -0.2) is 24.5 Å². The van der Waals surface area contributed by atoms with Gasteiger partial charge in [0.1, 0.15) is 0 Å². The Morgan fingerprint density at radius 1 is 1.24 bits per heavy atom. The molecule has 3 nitrogen and oxygen atoms in total. The monoisotopic (exact) mass is 292 g/mol. The van der Waals surface area contributed by atoms with Gasteiger partial charge in [0.2, 0.25) is 5.91 Å². The minimum Gasteiger partial charge on any atom is -0.351 e. The van der Waals surface area contributed by atoms with Crippen molar-refractivity contribution in [3.05, 3.63) is 0 Å². The molecular weight excluding hydrogens is 260 g/mol. The average molecular weight is 292 g/mol. The smallest absolute Gasteiger partial charge is 0.237 e. The van der Waals surface area contributed by atoms with Crippen LogP contribution in [0.2, 0.25) is 0 Å². The fourth-order valence-electron chi connectivity index (χ4n) is 5.26. The topological polar surface area (TPSA) is 41.1 Å². The Kier molecular flexibility index (Phi) is 3.84. The van der Waals surface area contributed by atoms with Gasteiger partial charge in [0, 0.05) is 6.04 Å². The second-order valence-electron chi connectivity index (χ2n) is 8.48. The summed E-state index contributed by atoms with van der Waals surface area (Å²) in [7, 11) is 0. The van der Waals surface area contributed by atoms with Crippen molar-refractivity contribution in [2.75, 3.05) is 6.54 Å². The summed E-state index contributed by atoms with van der Waals surface area (Å²) >= 11 is 0. The SMILES string of the molecule is CCC1CCNC(C(=O)NC2CC3CCC2(C)C3(C)C)C1. The Morgan fingerprint density at radius 2 is 2.00 bits per heavy atom. The first-order chi connectivity index (χ1) is 9.88. The maximum Gasteiger partial charge on any atom is 0.237 e. The predicted octanol–water partition coefficient (Wildman–Crippen LogP) is 3.10. The van der Waals surface area contributed by atoms with E-state index in [1.54, 1.807) is 0 Å². The molecule has 1 amide bonds. The summed E-state index contributed by atoms with van der Waals surface area (Å²) in [6.07, 6.45) is 7.22. The van der Waals surface area contributed by atoms with Gasteiger partial charge < -0.3 is 10.6 Å². The number of carbonyl (C=O) groups is 1. The Bertz CT molecular complexity index is 419. The molecule has 3 rings (SSSR count). The summed E-state index contributed by atoms with van der Waals surface area (Å²) in [6.45, 7) is 10.4. The molecule has 1 saturated heterocycles. The summed E-state index contributed by atoms with van der Waals surface area (Å²) in [5, 5.41) is 6.84. The first-order valence-corrected chi connectivity index (χ1v) is 8.92. The van der Waals surface area contributed by atoms with Crippen molar-refractivity contribution >= 4 is 5.91 Å². The first-order valence-electron chi connectivity index (χ1n) is 8.92. The highest BCUT2D eigenvalue weighted by atomic mass is 16.2. The van der Waals surface area contributed by atoms with E-state index >= 15 is 0 Å². The van der Waals surface area contributed by atoms with Gasteiger partial charge in [-0.15, -0.1) is 0 Å². The van der Waals surface area contributed by atoms with Crippen molar-refractivity contribution in [2.45, 2.75) is 78.3 Å². The van der Waals surface area contributed by atoms with Crippen LogP contribution < -0.4 is 10.6 Å². The zero-order chi connectivity index (χ0) is 15.3. The number of nitrogens with one attached hydrogen (secondary N) is 2. The second-order valence-corrected chi connectivity index (χ2v) is 8.48. The van der Waals surface area contributed by atoms with Crippen molar-refractivity contribution in [3.63, 3.8) is 0 Å². The summed E-state index contributed by atoms with van der Waals surface area (Å²) in [5.74, 6) is 1.76. The van der Waals surface area contributed by atoms with Gasteiger partial charge >= 0.3 is 0 Å². The molecule has 1 aliphatic heterocycles. The number of fused-ring (bicyclic) bond motifs is 2. The number of carbonyl (C=O) groups excluding carboxylic acids is 1. The van der Waals surface area contributed by atoms with Crippen molar-refractivity contribution in [2.24, 2.45) is 22.7 Å². The molecular formula is C18H32N2O. The van der Waals surface area contributed by atoms with E-state index < -0.39 is 0 Å². The molecule has 0 aromatic rings. The van der Waals surface area contributed by atoms with Crippen LogP contribution in [0, 0.1) is 22.7 Å². The number of amides is 1. The van der Waals surface area contributed by atoms with E-state index in [2.05, 4.69) is 38.3 Å². The van der Waals surface area contributed by atoms with Gasteiger partial charge in [-0.2, -0.15) is 0 Å². The molecule has 2 saturated carbocycles. The summed E-state index contributed by atoms with van der Waals surface area (Å²) in [5.41, 5.74) is 0.656. The lowest BCUT2D eigenvalue weighted by Crippen LogP contribution is -2.54. The van der Waals surface area contributed by atoms with Crippen LogP contribution in [0.15, 0.2) is 0 Å². The molecule has 0 radical (unpaired) electrons. The van der Waals surface area contributed by atoms with Crippen LogP contribution in [0.5, 0.6) is 0 Å². The van der Waals surface area contributed by atoms with Gasteiger partial charge in [-0.25, -0.2) is 0 Å². The van der Waals surface area contributed by atoms with Crippen LogP contribution in [0.1, 0.15) is 66.2 Å². The lowest BCUT2D eigenvalue weighted by molar-refractivity contribution is -0.125. The second kappa shape index (κ2) is 5.26. The lowest BCUT2D eigenvalue weighted by atomic mass is 9.69. The largest absolute Gasteiger partial charge is 0.351 e. The van der Waals surface area contributed by atoms with E-state index in [4.69, 9.17) is 0 Å². The summed E-state index contributed by atoms with van der Waals surface area (Å²) in [4.78, 5) is 12.7. The zero-order valence-electron chi connectivity index (χ0n) is 14.2. The standard InChI is InChI=1S/C18H32N2O/c1-5-12-7-9-19-14(10-12)16(21)20-15-11-13-6-8-18(15,4)17(13,2)3/h12-15,19H,5-11H2,1-4H3,(H,20,21). The normalized spacial score (nSPS) is 44.8. The Morgan fingerprint density at radius 3 is 2.57 bits per heavy atom. The van der Waals surface area contributed by atoms with Gasteiger partial charge in [-0.05, 0) is 61.3 Å². The molecule has 3 aliphatic rings. The zero-order valence-corrected chi connectivity index (χ0v) is 14.2. The third-order valence-electron chi connectivity index (χ3n) is 7.52. The van der Waals surface area contributed by atoms with Crippen molar-refractivity contribution in [1.29, 1.82) is 0 Å². The van der Waals surface area contributed by atoms with Gasteiger partial charge in [-0.1, -0.05) is 34.1 Å². The van der Waals surface area contributed by atoms with E-state index in [1.165, 1.54) is 32.1 Å². The highest BCUT2D eigenvalue weighted by Gasteiger charge is 2.61. The third-order valence-corrected chi connectivity index (χ3v) is 7.52. The molecule has 1 heterocycles. The van der Waals surface area contributed by atoms with Crippen LogP contribution in [0.4, 0.5) is 0 Å². The number of hydrogen-bond acceptors (Lipinski definition) is 2. The lowest BCUT2D eigenvalue weighted by Gasteiger charge is -2.40. The quantitative estimate of drug-likeness (QED) is 0.839. The van der Waals surface area contributed by atoms with Crippen molar-refractivity contribution in [1.82, 2.24) is 10.6 Å². The highest BCUT2D eigenvalue weighted by molar-refractivity contribution is 5.82. The average Bonchev–Trinajstić information content (AvgIpc) is 2.80. The van der Waals surface area contributed by atoms with Crippen molar-refractivity contribution in [3.8, 4) is 0 Å². The van der Waals surface area contributed by atoms with E-state index in [0.717, 1.165) is 18.9 Å². The molecule has 0 spiro atoms. The molecule has 2 aliphatic carbocycles. The maximum atomic E-state index is 12.7. The predicted molar refractivity (Wildman–Crippen MR) is 86.0 cm³/mol. The van der Waals surface area contributed by atoms with E-state index in [0.29, 0.717) is 17.4 Å². The Labute approximate surface area is 129 Å². The number of piperidine rings is 1. The van der Waals surface area contributed by atoms with Crippen LogP contribution in [0.3, 0.4) is 0 Å². The minimum atomic E-state index is 0.0366. The summed E-state index contributed by atoms with van der Waals surface area (Å²) < 4.78 is 0. The van der Waals surface area contributed by atoms with Gasteiger partial charge in [0.25, 0.3) is 0 Å². The number of hydrogen-bond donors (Lipinski definition) is 2. The molecule has 2 N–H and O–H groups in total. The Balaban J connectivity index is 1.64. The molecule has 2 bridgehead atoms. The third kappa shape index (κ3) is 2.32. The maximum absolute atomic E-state index is 12.7. The first kappa shape index (κ1) is 15.3. The molecule has 0 aromatic heterocycles. The molecule has 21 heavy (non-hydrogen) atoms. The summed E-state index contributed by atoms with van der Waals surface area (Å²) in [6, 6.07) is 0.414. The molecule has 0 aromatic carbocycles. The van der Waals surface area contributed by atoms with E-state index in [1.807, 2.05) is 0 Å². The van der Waals surface area contributed by atoms with Gasteiger partial charge in [0.15, 0.2) is 0 Å². The van der Waals surface area contributed by atoms with Gasteiger partial charge in [-0.3, -0.25) is 4.79 Å². The van der Waals surface area contributed by atoms with E-state index in [-0.39, 0.29) is 17.4 Å². The molecule has 5 unspecified atom stereocenters. The van der Waals surface area contributed by atoms with Crippen LogP contribution in [-0.2, 0) is 4.79 Å². The highest BCUT2D eigenvalue weighted by Crippen LogP contribution is 2.65. The van der Waals surface area contributed by atoms with Crippen LogP contribution in [0.25, 0.3) is 0 Å². The van der Waals surface area contributed by atoms with Crippen molar-refractivity contribution < 1.29 is 4.79 Å². The fraction of sp³-hybridized carbons (Fsp3) is 0.944. The number of rotatable bonds is 3. The Hall–Kier alpha value is -0.570. The van der Waals surface area contributed by atoms with Crippen LogP contribution >= 0.6 is 0 Å². The minimum absolute atomic E-state index is 0.0366. The molecule has 3 fully saturated rings. The molecule has 3 heteroatoms. The fourth-order valence-corrected chi connectivity index (χ4v) is 5.26. The molecule has 120 valence electrons. The van der Waals surface area contributed by atoms with E-state index in [9.17, 15) is 4.79 Å².